The summed E-state index contributed by atoms with van der Waals surface area (Å²) in [6.07, 6.45) is 0. The van der Waals surface area contributed by atoms with Crippen LogP contribution < -0.4 is 9.64 Å². The molecule has 4 nitrogen and oxygen atoms in total. The van der Waals surface area contributed by atoms with Crippen molar-refractivity contribution in [3.63, 3.8) is 0 Å². The second-order valence-electron chi connectivity index (χ2n) is 5.54. The Morgan fingerprint density at radius 1 is 0.917 bits per heavy atom. The van der Waals surface area contributed by atoms with Crippen molar-refractivity contribution >= 4 is 11.6 Å². The van der Waals surface area contributed by atoms with Gasteiger partial charge in [0.05, 0.1) is 0 Å². The van der Waals surface area contributed by atoms with Crippen LogP contribution in [0.3, 0.4) is 0 Å². The molecule has 126 valence electrons. The van der Waals surface area contributed by atoms with Gasteiger partial charge in [0.1, 0.15) is 23.1 Å². The summed E-state index contributed by atoms with van der Waals surface area (Å²) in [5.41, 5.74) is -0.0230. The Balaban J connectivity index is 1.54. The van der Waals surface area contributed by atoms with Gasteiger partial charge in [0, 0.05) is 26.2 Å². The molecule has 0 atom stereocenters. The molecular formula is C18H18F2N2O2. The van der Waals surface area contributed by atoms with Gasteiger partial charge in [-0.3, -0.25) is 4.79 Å². The van der Waals surface area contributed by atoms with Gasteiger partial charge in [-0.1, -0.05) is 24.3 Å². The average molecular weight is 332 g/mol. The number of anilines is 1. The number of carbonyl (C=O) groups excluding carboxylic acids is 1. The Bertz CT molecular complexity index is 681. The number of rotatable bonds is 4. The molecule has 1 heterocycles. The van der Waals surface area contributed by atoms with E-state index >= 15 is 0 Å². The van der Waals surface area contributed by atoms with Crippen molar-refractivity contribution < 1.29 is 18.3 Å². The third-order valence-corrected chi connectivity index (χ3v) is 3.99. The second kappa shape index (κ2) is 7.29. The van der Waals surface area contributed by atoms with E-state index in [0.717, 1.165) is 0 Å². The number of piperazine rings is 1. The summed E-state index contributed by atoms with van der Waals surface area (Å²) in [5.74, 6) is -0.658. The van der Waals surface area contributed by atoms with Crippen LogP contribution in [0.2, 0.25) is 0 Å². The van der Waals surface area contributed by atoms with Crippen LogP contribution in [0.1, 0.15) is 0 Å². The van der Waals surface area contributed by atoms with Gasteiger partial charge in [-0.05, 0) is 24.3 Å². The van der Waals surface area contributed by atoms with Gasteiger partial charge >= 0.3 is 0 Å². The first-order chi connectivity index (χ1) is 11.6. The van der Waals surface area contributed by atoms with Crippen molar-refractivity contribution in [1.29, 1.82) is 0 Å². The topological polar surface area (TPSA) is 32.8 Å². The van der Waals surface area contributed by atoms with Crippen LogP contribution in [0.25, 0.3) is 0 Å². The summed E-state index contributed by atoms with van der Waals surface area (Å²) >= 11 is 0. The Morgan fingerprint density at radius 3 is 2.17 bits per heavy atom. The van der Waals surface area contributed by atoms with E-state index in [-0.39, 0.29) is 18.2 Å². The quantitative estimate of drug-likeness (QED) is 0.863. The molecule has 6 heteroatoms. The lowest BCUT2D eigenvalue weighted by Crippen LogP contribution is -2.50. The SMILES string of the molecule is O=C(COc1ccccc1)N1CCN(c2c(F)cccc2F)CC1. The molecule has 0 aromatic heterocycles. The van der Waals surface area contributed by atoms with Crippen LogP contribution in [0.5, 0.6) is 5.75 Å². The highest BCUT2D eigenvalue weighted by Crippen LogP contribution is 2.24. The first-order valence-corrected chi connectivity index (χ1v) is 7.80. The number of halogens is 2. The Labute approximate surface area is 139 Å². The fraction of sp³-hybridized carbons (Fsp3) is 0.278. The molecule has 0 unspecified atom stereocenters. The molecule has 0 aliphatic carbocycles. The largest absolute Gasteiger partial charge is 0.484 e. The number of ether oxygens (including phenoxy) is 1. The van der Waals surface area contributed by atoms with Crippen molar-refractivity contribution in [3.05, 3.63) is 60.2 Å². The van der Waals surface area contributed by atoms with Crippen LogP contribution in [-0.2, 0) is 4.79 Å². The van der Waals surface area contributed by atoms with E-state index in [4.69, 9.17) is 4.74 Å². The van der Waals surface area contributed by atoms with Gasteiger partial charge in [0.25, 0.3) is 5.91 Å². The summed E-state index contributed by atoms with van der Waals surface area (Å²) in [6.45, 7) is 1.54. The lowest BCUT2D eigenvalue weighted by molar-refractivity contribution is -0.133. The van der Waals surface area contributed by atoms with Gasteiger partial charge < -0.3 is 14.5 Å². The fourth-order valence-electron chi connectivity index (χ4n) is 2.72. The van der Waals surface area contributed by atoms with Crippen molar-refractivity contribution in [2.45, 2.75) is 0 Å². The molecule has 2 aromatic rings. The average Bonchev–Trinajstić information content (AvgIpc) is 2.61. The van der Waals surface area contributed by atoms with E-state index in [1.807, 2.05) is 18.2 Å². The number of nitrogens with zero attached hydrogens (tertiary/aromatic N) is 2. The van der Waals surface area contributed by atoms with E-state index < -0.39 is 11.6 Å². The van der Waals surface area contributed by atoms with E-state index in [9.17, 15) is 13.6 Å². The molecule has 1 aliphatic rings. The zero-order chi connectivity index (χ0) is 16.9. The molecule has 1 fully saturated rings. The molecule has 1 amide bonds. The maximum absolute atomic E-state index is 13.8. The molecule has 2 aromatic carbocycles. The Kier molecular flexibility index (Phi) is 4.93. The van der Waals surface area contributed by atoms with Gasteiger partial charge in [-0.2, -0.15) is 0 Å². The summed E-state index contributed by atoms with van der Waals surface area (Å²) in [6, 6.07) is 12.9. The number of para-hydroxylation sites is 2. The standard InChI is InChI=1S/C18H18F2N2O2/c19-15-7-4-8-16(20)18(15)22-11-9-21(10-12-22)17(23)13-24-14-5-2-1-3-6-14/h1-8H,9-13H2. The normalized spacial score (nSPS) is 14.6. The van der Waals surface area contributed by atoms with Gasteiger partial charge in [0.15, 0.2) is 6.61 Å². The van der Waals surface area contributed by atoms with Crippen LogP contribution >= 0.6 is 0 Å². The number of carbonyl (C=O) groups is 1. The highest BCUT2D eigenvalue weighted by Gasteiger charge is 2.24. The third-order valence-electron chi connectivity index (χ3n) is 3.99. The molecule has 1 saturated heterocycles. The van der Waals surface area contributed by atoms with Gasteiger partial charge in [-0.15, -0.1) is 0 Å². The summed E-state index contributed by atoms with van der Waals surface area (Å²) in [4.78, 5) is 15.5. The third kappa shape index (κ3) is 3.64. The lowest BCUT2D eigenvalue weighted by atomic mass is 10.2. The minimum absolute atomic E-state index is 0.0230. The lowest BCUT2D eigenvalue weighted by Gasteiger charge is -2.36. The second-order valence-corrected chi connectivity index (χ2v) is 5.54. The predicted octanol–water partition coefficient (Wildman–Crippen LogP) is 2.69. The molecule has 24 heavy (non-hydrogen) atoms. The van der Waals surface area contributed by atoms with Crippen LogP contribution in [-0.4, -0.2) is 43.6 Å². The molecule has 0 bridgehead atoms. The highest BCUT2D eigenvalue weighted by atomic mass is 19.1. The minimum atomic E-state index is -0.581. The molecule has 1 aliphatic heterocycles. The smallest absolute Gasteiger partial charge is 0.260 e. The fourth-order valence-corrected chi connectivity index (χ4v) is 2.72. The monoisotopic (exact) mass is 332 g/mol. The molecular weight excluding hydrogens is 314 g/mol. The first kappa shape index (κ1) is 16.2. The summed E-state index contributed by atoms with van der Waals surface area (Å²) < 4.78 is 33.1. The first-order valence-electron chi connectivity index (χ1n) is 7.80. The van der Waals surface area contributed by atoms with Crippen LogP contribution in [0.15, 0.2) is 48.5 Å². The maximum atomic E-state index is 13.8. The van der Waals surface area contributed by atoms with Gasteiger partial charge in [-0.25, -0.2) is 8.78 Å². The molecule has 0 saturated carbocycles. The van der Waals surface area contributed by atoms with Crippen molar-refractivity contribution in [2.24, 2.45) is 0 Å². The van der Waals surface area contributed by atoms with E-state index in [0.29, 0.717) is 31.9 Å². The predicted molar refractivity (Wildman–Crippen MR) is 87.1 cm³/mol. The van der Waals surface area contributed by atoms with Crippen molar-refractivity contribution in [2.75, 3.05) is 37.7 Å². The zero-order valence-corrected chi connectivity index (χ0v) is 13.1. The molecule has 0 spiro atoms. The number of amides is 1. The van der Waals surface area contributed by atoms with Crippen molar-refractivity contribution in [1.82, 2.24) is 4.90 Å². The van der Waals surface area contributed by atoms with E-state index in [1.165, 1.54) is 18.2 Å². The minimum Gasteiger partial charge on any atom is -0.484 e. The molecule has 3 rings (SSSR count). The summed E-state index contributed by atoms with van der Waals surface area (Å²) in [7, 11) is 0. The Morgan fingerprint density at radius 2 is 1.54 bits per heavy atom. The molecule has 0 N–H and O–H groups in total. The maximum Gasteiger partial charge on any atom is 0.260 e. The summed E-state index contributed by atoms with van der Waals surface area (Å²) in [5, 5.41) is 0. The van der Waals surface area contributed by atoms with E-state index in [1.54, 1.807) is 21.9 Å². The van der Waals surface area contributed by atoms with Crippen LogP contribution in [0.4, 0.5) is 14.5 Å². The number of hydrogen-bond donors (Lipinski definition) is 0. The van der Waals surface area contributed by atoms with Gasteiger partial charge in [0.2, 0.25) is 0 Å². The number of hydrogen-bond acceptors (Lipinski definition) is 3. The highest BCUT2D eigenvalue weighted by molar-refractivity contribution is 5.78. The molecule has 0 radical (unpaired) electrons. The van der Waals surface area contributed by atoms with Crippen molar-refractivity contribution in [3.8, 4) is 5.75 Å². The van der Waals surface area contributed by atoms with Crippen LogP contribution in [0, 0.1) is 11.6 Å². The zero-order valence-electron chi connectivity index (χ0n) is 13.1. The number of benzene rings is 2. The Hall–Kier alpha value is -2.63. The van der Waals surface area contributed by atoms with E-state index in [2.05, 4.69) is 0 Å².